The van der Waals surface area contributed by atoms with Crippen molar-refractivity contribution in [1.82, 2.24) is 0 Å². The predicted octanol–water partition coefficient (Wildman–Crippen LogP) is 3.38. The number of halogens is 2. The molecule has 4 N–H and O–H groups in total. The summed E-state index contributed by atoms with van der Waals surface area (Å²) in [7, 11) is 3.75. The van der Waals surface area contributed by atoms with Crippen LogP contribution in [0.25, 0.3) is 0 Å². The predicted molar refractivity (Wildman–Crippen MR) is 200 cm³/mol. The molecule has 0 saturated heterocycles. The quantitative estimate of drug-likeness (QED) is 0.223. The van der Waals surface area contributed by atoms with Gasteiger partial charge < -0.3 is 17.6 Å². The zero-order valence-corrected chi connectivity index (χ0v) is 36.2. The SMILES string of the molecule is BrCCCCBr.C1CCC2(C1)CN=NC2.CCOCC.N#CC1(C#N)CCCC1.N#CCC#N.NCC1(CN)CCCC1.[2H][B].[AlH3].[H-].[Li+].[U]. The molecule has 0 aromatic rings. The van der Waals surface area contributed by atoms with Crippen molar-refractivity contribution in [3.8, 4) is 24.3 Å². The Bertz CT molecular complexity index is 834. The Morgan fingerprint density at radius 3 is 1.34 bits per heavy atom. The number of nitrogens with zero attached hydrogens (tertiary/aromatic N) is 6. The second-order valence-corrected chi connectivity index (χ2v) is 12.9. The standard InChI is InChI=1S/C7H12N2.C7H16N2.C7H8N2.C4H8Br2.C4H10O.C3H2N2.Al.BH.Li.U.4H/c1-2-4-7(3-1)5-8-9-6-7;2*8-5-7(6-9)3-1-2-4-7;5-3-1-2-4-6;1-3-5-4-2;4-2-1-3-5;;;;;;;;/h1-6H2;1-6,8-9H2;1-4H2;1-4H2;3-4H2,1-2H3;1H2;;1H;;;;;;/q;;;;;;;;+1;;;;;-1/i;;;;;;;1D;;;;;;. The molecule has 1 aliphatic heterocycles. The van der Waals surface area contributed by atoms with Crippen LogP contribution in [-0.2, 0) is 4.74 Å². The minimum atomic E-state index is -0.611. The molecule has 0 amide bonds. The molecule has 4 aliphatic rings. The maximum absolute atomic E-state index is 8.54. The molecular weight excluding hydrogens is 955 g/mol. The number of nitriles is 4. The molecule has 0 aromatic heterocycles. The molecular formula is C32H61AlBBr2LiN8OU. The Kier molecular flexibility index (Phi) is 49.8. The summed E-state index contributed by atoms with van der Waals surface area (Å²) in [6, 6.07) is 7.44. The van der Waals surface area contributed by atoms with Crippen molar-refractivity contribution in [2.45, 2.75) is 110 Å². The van der Waals surface area contributed by atoms with Gasteiger partial charge in [-0.25, -0.2) is 0 Å². The van der Waals surface area contributed by atoms with Gasteiger partial charge in [0.25, 0.3) is 0 Å². The summed E-state index contributed by atoms with van der Waals surface area (Å²) in [6.07, 6.45) is 16.9. The van der Waals surface area contributed by atoms with Gasteiger partial charge in [0.1, 0.15) is 11.8 Å². The number of azo groups is 1. The van der Waals surface area contributed by atoms with Crippen molar-refractivity contribution in [1.29, 1.82) is 22.4 Å². The van der Waals surface area contributed by atoms with E-state index in [4.69, 9.17) is 38.6 Å². The summed E-state index contributed by atoms with van der Waals surface area (Å²) in [5, 5.41) is 42.6. The van der Waals surface area contributed by atoms with Crippen molar-refractivity contribution in [3.63, 3.8) is 0 Å². The Labute approximate surface area is 355 Å². The first-order valence-electron chi connectivity index (χ1n) is 16.4. The van der Waals surface area contributed by atoms with Crippen LogP contribution < -0.4 is 30.3 Å². The van der Waals surface area contributed by atoms with Gasteiger partial charge in [0.15, 0.2) is 17.4 Å². The Hall–Kier alpha value is 0.647. The molecule has 1 spiro atoms. The van der Waals surface area contributed by atoms with E-state index >= 15 is 0 Å². The van der Waals surface area contributed by atoms with E-state index in [1.54, 1.807) is 12.1 Å². The Morgan fingerprint density at radius 1 is 0.766 bits per heavy atom. The minimum Gasteiger partial charge on any atom is -1.00 e. The summed E-state index contributed by atoms with van der Waals surface area (Å²) < 4.78 is 10.1. The molecule has 260 valence electrons. The molecule has 3 fully saturated rings. The van der Waals surface area contributed by atoms with Crippen LogP contribution in [0.15, 0.2) is 10.2 Å². The molecule has 0 aromatic carbocycles. The Balaban J connectivity index is -0.0000000856. The topological polar surface area (TPSA) is 181 Å². The average molecular weight is 1020 g/mol. The summed E-state index contributed by atoms with van der Waals surface area (Å²) in [5.74, 6) is 0. The number of nitrogens with two attached hydrogens (primary N) is 2. The van der Waals surface area contributed by atoms with Crippen LogP contribution in [0.2, 0.25) is 0 Å². The van der Waals surface area contributed by atoms with Crippen molar-refractivity contribution in [3.05, 3.63) is 0 Å². The number of hydrogen-bond donors (Lipinski definition) is 2. The maximum atomic E-state index is 8.54. The number of hydrogen-bond acceptors (Lipinski definition) is 9. The summed E-state index contributed by atoms with van der Waals surface area (Å²) in [4.78, 5) is 0. The van der Waals surface area contributed by atoms with Crippen LogP contribution in [0.4, 0.5) is 0 Å². The number of unbranched alkanes of at least 4 members (excludes halogenated alkanes) is 1. The monoisotopic (exact) mass is 1020 g/mol. The molecule has 9 nitrogen and oxygen atoms in total. The van der Waals surface area contributed by atoms with Crippen LogP contribution in [0, 0.1) is 92.7 Å². The first-order valence-corrected chi connectivity index (χ1v) is 18.1. The normalized spacial score (nSPS) is 17.4. The average Bonchev–Trinajstić information content (AvgIpc) is 3.93. The van der Waals surface area contributed by atoms with Gasteiger partial charge in [-0.2, -0.15) is 31.3 Å². The zero-order valence-electron chi connectivity index (χ0n) is 30.8. The fourth-order valence-electron chi connectivity index (χ4n) is 5.16. The van der Waals surface area contributed by atoms with Crippen LogP contribution >= 0.6 is 31.9 Å². The van der Waals surface area contributed by atoms with E-state index < -0.39 is 5.41 Å². The van der Waals surface area contributed by atoms with E-state index in [0.717, 1.165) is 75.7 Å². The molecule has 0 unspecified atom stereocenters. The smallest absolute Gasteiger partial charge is 1.00 e. The maximum Gasteiger partial charge on any atom is 1.00 e. The minimum absolute atomic E-state index is 0. The van der Waals surface area contributed by atoms with E-state index in [-0.39, 0.29) is 75.2 Å². The summed E-state index contributed by atoms with van der Waals surface area (Å²) >= 11 is 6.66. The molecule has 2 radical (unpaired) electrons. The molecule has 0 atom stereocenters. The second-order valence-electron chi connectivity index (χ2n) is 11.3. The fraction of sp³-hybridized carbons (Fsp3) is 0.875. The molecule has 3 aliphatic carbocycles. The van der Waals surface area contributed by atoms with Crippen LogP contribution in [0.3, 0.4) is 0 Å². The molecule has 3 saturated carbocycles. The number of ether oxygens (including phenoxy) is 1. The molecule has 0 bridgehead atoms. The third kappa shape index (κ3) is 30.0. The summed E-state index contributed by atoms with van der Waals surface area (Å²) in [5.41, 5.74) is 11.5. The largest absolute Gasteiger partial charge is 1.00 e. The summed E-state index contributed by atoms with van der Waals surface area (Å²) in [6.45, 7) is 9.27. The van der Waals surface area contributed by atoms with E-state index in [9.17, 15) is 0 Å². The van der Waals surface area contributed by atoms with Crippen molar-refractivity contribution < 1.29 is 56.1 Å². The molecule has 4 rings (SSSR count). The fourth-order valence-corrected chi connectivity index (χ4v) is 5.96. The number of alkyl halides is 2. The van der Waals surface area contributed by atoms with Gasteiger partial charge >= 0.3 is 18.9 Å². The van der Waals surface area contributed by atoms with Crippen molar-refractivity contribution >= 4 is 57.6 Å². The number of rotatable bonds is 7. The second kappa shape index (κ2) is 41.1. The third-order valence-electron chi connectivity index (χ3n) is 8.08. The van der Waals surface area contributed by atoms with Crippen molar-refractivity contribution in [2.24, 2.45) is 37.9 Å². The van der Waals surface area contributed by atoms with E-state index in [1.807, 2.05) is 13.8 Å². The molecule has 1 heterocycles. The van der Waals surface area contributed by atoms with Gasteiger partial charge in [-0.15, -0.1) is 0 Å². The van der Waals surface area contributed by atoms with Gasteiger partial charge in [0.05, 0.1) is 37.4 Å². The van der Waals surface area contributed by atoms with E-state index in [2.05, 4.69) is 62.6 Å². The molecule has 15 heteroatoms. The third-order valence-corrected chi connectivity index (χ3v) is 9.20. The van der Waals surface area contributed by atoms with Crippen LogP contribution in [-0.4, -0.2) is 77.1 Å². The van der Waals surface area contributed by atoms with Gasteiger partial charge in [-0.1, -0.05) is 70.4 Å². The first kappa shape index (κ1) is 57.0. The van der Waals surface area contributed by atoms with Gasteiger partial charge in [-0.05, 0) is 85.1 Å². The van der Waals surface area contributed by atoms with Gasteiger partial charge in [0.2, 0.25) is 0 Å². The van der Waals surface area contributed by atoms with Crippen LogP contribution in [0.1, 0.15) is 112 Å². The van der Waals surface area contributed by atoms with Gasteiger partial charge in [-0.3, -0.25) is 0 Å². The zero-order chi connectivity index (χ0) is 34.7. The van der Waals surface area contributed by atoms with E-state index in [0.29, 0.717) is 10.8 Å². The van der Waals surface area contributed by atoms with Crippen LogP contribution in [0.5, 0.6) is 0 Å². The van der Waals surface area contributed by atoms with Crippen molar-refractivity contribution in [2.75, 3.05) is 50.1 Å². The van der Waals surface area contributed by atoms with Gasteiger partial charge in [0, 0.05) is 68.8 Å². The first-order chi connectivity index (χ1) is 21.8. The van der Waals surface area contributed by atoms with E-state index in [1.165, 1.54) is 64.2 Å². The molecule has 47 heavy (non-hydrogen) atoms. The Morgan fingerprint density at radius 2 is 1.13 bits per heavy atom.